The largest absolute Gasteiger partial charge is 0.395 e. The van der Waals surface area contributed by atoms with Gasteiger partial charge in [0.25, 0.3) is 0 Å². The molecule has 0 aromatic heterocycles. The zero-order chi connectivity index (χ0) is 16.3. The number of aliphatic hydroxyl groups excluding tert-OH is 2. The lowest BCUT2D eigenvalue weighted by atomic mass is 10.1. The number of alkyl halides is 1. The minimum atomic E-state index is -1.56. The first-order chi connectivity index (χ1) is 10.5. The average molecular weight is 310 g/mol. The summed E-state index contributed by atoms with van der Waals surface area (Å²) >= 11 is 0. The molecular formula is C16H23FN2O3. The van der Waals surface area contributed by atoms with Gasteiger partial charge in [-0.25, -0.2) is 4.39 Å². The van der Waals surface area contributed by atoms with Gasteiger partial charge in [-0.1, -0.05) is 30.3 Å². The van der Waals surface area contributed by atoms with Gasteiger partial charge >= 0.3 is 0 Å². The molecule has 1 saturated heterocycles. The van der Waals surface area contributed by atoms with Crippen molar-refractivity contribution in [2.75, 3.05) is 20.7 Å². The van der Waals surface area contributed by atoms with Crippen LogP contribution in [0.1, 0.15) is 12.0 Å². The van der Waals surface area contributed by atoms with Crippen molar-refractivity contribution >= 4 is 5.91 Å². The van der Waals surface area contributed by atoms with Crippen molar-refractivity contribution in [2.24, 2.45) is 0 Å². The molecule has 5 nitrogen and oxygen atoms in total. The van der Waals surface area contributed by atoms with Gasteiger partial charge in [0.1, 0.15) is 12.3 Å². The van der Waals surface area contributed by atoms with Crippen molar-refractivity contribution < 1.29 is 19.4 Å². The van der Waals surface area contributed by atoms with E-state index >= 15 is 0 Å². The van der Waals surface area contributed by atoms with Gasteiger partial charge in [-0.15, -0.1) is 0 Å². The standard InChI is InChI=1S/C16H23FN2O3/c1-18(2)14(21)8-12-16(22)15(17)13(10-20)19(12)9-11-6-4-3-5-7-11/h3-7,12-13,15-16,20,22H,8-10H2,1-2H3/t12-,13-,15-,16-/m1/s1. The Morgan fingerprint density at radius 3 is 2.45 bits per heavy atom. The molecular weight excluding hydrogens is 287 g/mol. The average Bonchev–Trinajstić information content (AvgIpc) is 2.72. The Morgan fingerprint density at radius 1 is 1.27 bits per heavy atom. The van der Waals surface area contributed by atoms with E-state index in [2.05, 4.69) is 0 Å². The van der Waals surface area contributed by atoms with Gasteiger partial charge in [0.15, 0.2) is 0 Å². The maximum Gasteiger partial charge on any atom is 0.223 e. The number of aliphatic hydroxyl groups is 2. The Kier molecular flexibility index (Phi) is 5.50. The topological polar surface area (TPSA) is 64.0 Å². The van der Waals surface area contributed by atoms with Gasteiger partial charge in [0, 0.05) is 33.1 Å². The van der Waals surface area contributed by atoms with E-state index in [0.717, 1.165) is 5.56 Å². The van der Waals surface area contributed by atoms with E-state index in [4.69, 9.17) is 0 Å². The van der Waals surface area contributed by atoms with E-state index in [0.29, 0.717) is 6.54 Å². The third-order valence-electron chi connectivity index (χ3n) is 4.22. The quantitative estimate of drug-likeness (QED) is 0.827. The molecule has 22 heavy (non-hydrogen) atoms. The second-order valence-corrected chi connectivity index (χ2v) is 5.90. The Bertz CT molecular complexity index is 497. The van der Waals surface area contributed by atoms with Crippen LogP contribution in [-0.4, -0.2) is 71.0 Å². The lowest BCUT2D eigenvalue weighted by Crippen LogP contribution is -2.42. The third-order valence-corrected chi connectivity index (χ3v) is 4.22. The van der Waals surface area contributed by atoms with Crippen LogP contribution in [0.4, 0.5) is 4.39 Å². The summed E-state index contributed by atoms with van der Waals surface area (Å²) in [7, 11) is 3.25. The number of likely N-dealkylation sites (tertiary alicyclic amines) is 1. The summed E-state index contributed by atoms with van der Waals surface area (Å²) in [6.07, 6.45) is -2.81. The number of benzene rings is 1. The number of nitrogens with zero attached hydrogens (tertiary/aromatic N) is 2. The van der Waals surface area contributed by atoms with E-state index in [-0.39, 0.29) is 12.3 Å². The normalized spacial score (nSPS) is 28.8. The van der Waals surface area contributed by atoms with Gasteiger partial charge in [-0.2, -0.15) is 0 Å². The number of carbonyl (C=O) groups excluding carboxylic acids is 1. The fourth-order valence-electron chi connectivity index (χ4n) is 2.90. The number of rotatable bonds is 5. The molecule has 1 aromatic rings. The highest BCUT2D eigenvalue weighted by Crippen LogP contribution is 2.31. The van der Waals surface area contributed by atoms with E-state index < -0.39 is 31.0 Å². The molecule has 1 amide bonds. The number of carbonyl (C=O) groups is 1. The Hall–Kier alpha value is -1.50. The number of hydrogen-bond acceptors (Lipinski definition) is 4. The third kappa shape index (κ3) is 3.45. The van der Waals surface area contributed by atoms with Gasteiger partial charge in [0.2, 0.25) is 5.91 Å². The fourth-order valence-corrected chi connectivity index (χ4v) is 2.90. The first kappa shape index (κ1) is 16.9. The second-order valence-electron chi connectivity index (χ2n) is 5.90. The highest BCUT2D eigenvalue weighted by molar-refractivity contribution is 5.76. The van der Waals surface area contributed by atoms with Gasteiger partial charge < -0.3 is 15.1 Å². The van der Waals surface area contributed by atoms with Crippen LogP contribution >= 0.6 is 0 Å². The summed E-state index contributed by atoms with van der Waals surface area (Å²) in [6, 6.07) is 8.01. The molecule has 0 bridgehead atoms. The van der Waals surface area contributed by atoms with Crippen LogP contribution < -0.4 is 0 Å². The van der Waals surface area contributed by atoms with Crippen LogP contribution in [0.15, 0.2) is 30.3 Å². The Morgan fingerprint density at radius 2 is 1.91 bits per heavy atom. The van der Waals surface area contributed by atoms with Crippen LogP contribution in [0, 0.1) is 0 Å². The van der Waals surface area contributed by atoms with E-state index in [1.807, 2.05) is 30.3 Å². The summed E-state index contributed by atoms with van der Waals surface area (Å²) in [5.74, 6) is -0.173. The molecule has 0 aliphatic carbocycles. The van der Waals surface area contributed by atoms with Crippen LogP contribution in [0.2, 0.25) is 0 Å². The molecule has 0 saturated carbocycles. The molecule has 0 spiro atoms. The van der Waals surface area contributed by atoms with Crippen molar-refractivity contribution in [2.45, 2.75) is 37.3 Å². The second kappa shape index (κ2) is 7.17. The maximum atomic E-state index is 14.3. The van der Waals surface area contributed by atoms with Crippen molar-refractivity contribution in [3.05, 3.63) is 35.9 Å². The molecule has 4 atom stereocenters. The molecule has 0 radical (unpaired) electrons. The van der Waals surface area contributed by atoms with Gasteiger partial charge in [-0.3, -0.25) is 9.69 Å². The first-order valence-electron chi connectivity index (χ1n) is 7.38. The molecule has 1 aliphatic heterocycles. The minimum Gasteiger partial charge on any atom is -0.395 e. The van der Waals surface area contributed by atoms with Crippen LogP contribution in [0.25, 0.3) is 0 Å². The summed E-state index contributed by atoms with van der Waals surface area (Å²) in [4.78, 5) is 15.1. The molecule has 2 rings (SSSR count). The SMILES string of the molecule is CN(C)C(=O)C[C@@H]1[C@@H](O)[C@H](F)[C@@H](CO)N1Cc1ccccc1. The molecule has 122 valence electrons. The minimum absolute atomic E-state index is 0.0257. The molecule has 0 unspecified atom stereocenters. The van der Waals surface area contributed by atoms with Crippen LogP contribution in [0.3, 0.4) is 0 Å². The highest BCUT2D eigenvalue weighted by atomic mass is 19.1. The number of hydrogen-bond donors (Lipinski definition) is 2. The van der Waals surface area contributed by atoms with Crippen molar-refractivity contribution in [3.63, 3.8) is 0 Å². The van der Waals surface area contributed by atoms with E-state index in [1.54, 1.807) is 19.0 Å². The van der Waals surface area contributed by atoms with Gasteiger partial charge in [-0.05, 0) is 5.56 Å². The fraction of sp³-hybridized carbons (Fsp3) is 0.562. The lowest BCUT2D eigenvalue weighted by molar-refractivity contribution is -0.130. The Labute approximate surface area is 130 Å². The zero-order valence-corrected chi connectivity index (χ0v) is 12.9. The van der Waals surface area contributed by atoms with Gasteiger partial charge in [0.05, 0.1) is 12.6 Å². The van der Waals surface area contributed by atoms with Crippen molar-refractivity contribution in [1.29, 1.82) is 0 Å². The molecule has 6 heteroatoms. The van der Waals surface area contributed by atoms with Crippen LogP contribution in [-0.2, 0) is 11.3 Å². The highest BCUT2D eigenvalue weighted by Gasteiger charge is 2.49. The zero-order valence-electron chi connectivity index (χ0n) is 12.9. The van der Waals surface area contributed by atoms with E-state index in [9.17, 15) is 19.4 Å². The summed E-state index contributed by atoms with van der Waals surface area (Å²) in [5.41, 5.74) is 0.949. The predicted molar refractivity (Wildman–Crippen MR) is 80.9 cm³/mol. The Balaban J connectivity index is 2.21. The molecule has 1 aromatic carbocycles. The molecule has 1 heterocycles. The van der Waals surface area contributed by atoms with E-state index in [1.165, 1.54) is 4.90 Å². The molecule has 1 fully saturated rings. The predicted octanol–water partition coefficient (Wildman–Crippen LogP) is 0.409. The summed E-state index contributed by atoms with van der Waals surface area (Å²) in [6.45, 7) is -0.00730. The van der Waals surface area contributed by atoms with Crippen LogP contribution in [0.5, 0.6) is 0 Å². The van der Waals surface area contributed by atoms with Crippen molar-refractivity contribution in [3.8, 4) is 0 Å². The molecule has 1 aliphatic rings. The van der Waals surface area contributed by atoms with Crippen molar-refractivity contribution in [1.82, 2.24) is 9.80 Å². The molecule has 2 N–H and O–H groups in total. The number of amides is 1. The first-order valence-corrected chi connectivity index (χ1v) is 7.38. The lowest BCUT2D eigenvalue weighted by Gasteiger charge is -2.29. The number of halogens is 1. The summed E-state index contributed by atoms with van der Waals surface area (Å²) in [5, 5.41) is 19.6. The smallest absolute Gasteiger partial charge is 0.223 e. The summed E-state index contributed by atoms with van der Waals surface area (Å²) < 4.78 is 14.3. The maximum absolute atomic E-state index is 14.3. The monoisotopic (exact) mass is 310 g/mol.